The Kier molecular flexibility index (Phi) is 7.39. The molecule has 5 nitrogen and oxygen atoms in total. The van der Waals surface area contributed by atoms with Crippen molar-refractivity contribution >= 4 is 11.8 Å². The van der Waals surface area contributed by atoms with E-state index >= 15 is 0 Å². The molecule has 2 aromatic heterocycles. The SMILES string of the molecule is COC(=O)c1cc(-c2ccc(C/C=C/C(=O)c3cc(-c4ccc(C(C)C)cc4)cn3C)cc2)cn1C. The molecule has 36 heavy (non-hydrogen) atoms. The predicted molar refractivity (Wildman–Crippen MR) is 144 cm³/mol. The van der Waals surface area contributed by atoms with E-state index in [0.29, 0.717) is 23.7 Å². The molecule has 0 saturated carbocycles. The number of carbonyl (C=O) groups is 2. The second kappa shape index (κ2) is 10.6. The summed E-state index contributed by atoms with van der Waals surface area (Å²) in [6.07, 6.45) is 8.11. The summed E-state index contributed by atoms with van der Waals surface area (Å²) in [5.41, 5.74) is 7.69. The standard InChI is InChI=1S/C31H32N2O3/c1-21(2)23-13-15-25(16-14-23)26-17-28(32(3)19-26)30(34)8-6-7-22-9-11-24(12-10-22)27-18-29(31(35)36-5)33(4)20-27/h6,8-21H,7H2,1-5H3/b8-6+. The maximum Gasteiger partial charge on any atom is 0.354 e. The Labute approximate surface area is 212 Å². The van der Waals surface area contributed by atoms with Crippen LogP contribution in [0.3, 0.4) is 0 Å². The van der Waals surface area contributed by atoms with Gasteiger partial charge in [-0.2, -0.15) is 0 Å². The summed E-state index contributed by atoms with van der Waals surface area (Å²) < 4.78 is 8.48. The summed E-state index contributed by atoms with van der Waals surface area (Å²) in [6.45, 7) is 4.36. The van der Waals surface area contributed by atoms with Crippen LogP contribution in [0.2, 0.25) is 0 Å². The van der Waals surface area contributed by atoms with E-state index < -0.39 is 0 Å². The van der Waals surface area contributed by atoms with Crippen molar-refractivity contribution in [3.63, 3.8) is 0 Å². The molecule has 2 heterocycles. The van der Waals surface area contributed by atoms with Crippen LogP contribution in [-0.4, -0.2) is 28.0 Å². The van der Waals surface area contributed by atoms with E-state index in [0.717, 1.165) is 27.8 Å². The second-order valence-electron chi connectivity index (χ2n) is 9.39. The van der Waals surface area contributed by atoms with Crippen molar-refractivity contribution in [2.45, 2.75) is 26.2 Å². The molecule has 0 atom stereocenters. The molecule has 0 radical (unpaired) electrons. The lowest BCUT2D eigenvalue weighted by Crippen LogP contribution is -2.06. The van der Waals surface area contributed by atoms with Gasteiger partial charge in [-0.1, -0.05) is 68.5 Å². The first-order chi connectivity index (χ1) is 17.3. The largest absolute Gasteiger partial charge is 0.464 e. The number of esters is 1. The Bertz CT molecular complexity index is 1400. The highest BCUT2D eigenvalue weighted by molar-refractivity contribution is 6.04. The van der Waals surface area contributed by atoms with Crippen molar-refractivity contribution < 1.29 is 14.3 Å². The zero-order valence-electron chi connectivity index (χ0n) is 21.5. The average Bonchev–Trinajstić information content (AvgIpc) is 3.46. The molecule has 0 spiro atoms. The van der Waals surface area contributed by atoms with E-state index in [2.05, 4.69) is 38.1 Å². The minimum atomic E-state index is -0.357. The van der Waals surface area contributed by atoms with Gasteiger partial charge in [-0.3, -0.25) is 4.79 Å². The van der Waals surface area contributed by atoms with Gasteiger partial charge in [0.15, 0.2) is 0 Å². The molecule has 0 aliphatic heterocycles. The van der Waals surface area contributed by atoms with Crippen molar-refractivity contribution in [3.8, 4) is 22.3 Å². The average molecular weight is 481 g/mol. The van der Waals surface area contributed by atoms with E-state index in [1.54, 1.807) is 10.6 Å². The fourth-order valence-corrected chi connectivity index (χ4v) is 4.28. The normalized spacial score (nSPS) is 11.4. The lowest BCUT2D eigenvalue weighted by molar-refractivity contribution is 0.0590. The Morgan fingerprint density at radius 2 is 1.33 bits per heavy atom. The minimum Gasteiger partial charge on any atom is -0.464 e. The number of ether oxygens (including phenoxy) is 1. The fraction of sp³-hybridized carbons (Fsp3) is 0.226. The number of methoxy groups -OCH3 is 1. The van der Waals surface area contributed by atoms with Crippen LogP contribution < -0.4 is 0 Å². The van der Waals surface area contributed by atoms with E-state index in [1.165, 1.54) is 12.7 Å². The molecule has 0 aliphatic carbocycles. The summed E-state index contributed by atoms with van der Waals surface area (Å²) in [4.78, 5) is 24.7. The first-order valence-corrected chi connectivity index (χ1v) is 12.1. The molecule has 0 saturated heterocycles. The number of rotatable bonds is 8. The number of benzene rings is 2. The molecule has 184 valence electrons. The number of aryl methyl sites for hydroxylation is 2. The van der Waals surface area contributed by atoms with Crippen LogP contribution in [0.1, 0.15) is 51.9 Å². The molecule has 0 fully saturated rings. The zero-order chi connectivity index (χ0) is 25.8. The van der Waals surface area contributed by atoms with Gasteiger partial charge in [0.05, 0.1) is 12.8 Å². The number of aromatic nitrogens is 2. The summed E-state index contributed by atoms with van der Waals surface area (Å²) in [7, 11) is 5.11. The number of nitrogens with zero attached hydrogens (tertiary/aromatic N) is 2. The molecule has 0 aliphatic rings. The van der Waals surface area contributed by atoms with Gasteiger partial charge in [0.25, 0.3) is 0 Å². The van der Waals surface area contributed by atoms with Crippen molar-refractivity contribution in [3.05, 3.63) is 108 Å². The third-order valence-electron chi connectivity index (χ3n) is 6.48. The monoisotopic (exact) mass is 480 g/mol. The van der Waals surface area contributed by atoms with E-state index in [4.69, 9.17) is 4.74 Å². The second-order valence-corrected chi connectivity index (χ2v) is 9.39. The van der Waals surface area contributed by atoms with Gasteiger partial charge >= 0.3 is 5.97 Å². The van der Waals surface area contributed by atoms with Crippen molar-refractivity contribution in [2.75, 3.05) is 7.11 Å². The molecular formula is C31H32N2O3. The maximum absolute atomic E-state index is 12.8. The smallest absolute Gasteiger partial charge is 0.354 e. The van der Waals surface area contributed by atoms with Crippen LogP contribution in [0.4, 0.5) is 0 Å². The van der Waals surface area contributed by atoms with Crippen LogP contribution in [-0.2, 0) is 25.3 Å². The lowest BCUT2D eigenvalue weighted by atomic mass is 10.00. The van der Waals surface area contributed by atoms with Gasteiger partial charge in [0, 0.05) is 37.6 Å². The first kappa shape index (κ1) is 25.0. The highest BCUT2D eigenvalue weighted by Crippen LogP contribution is 2.25. The van der Waals surface area contributed by atoms with Gasteiger partial charge in [-0.05, 0) is 52.8 Å². The lowest BCUT2D eigenvalue weighted by Gasteiger charge is -2.05. The molecular weight excluding hydrogens is 448 g/mol. The number of ketones is 1. The van der Waals surface area contributed by atoms with E-state index in [-0.39, 0.29) is 11.8 Å². The number of allylic oxidation sites excluding steroid dienone is 2. The Morgan fingerprint density at radius 1 is 0.806 bits per heavy atom. The van der Waals surface area contributed by atoms with Crippen molar-refractivity contribution in [1.29, 1.82) is 0 Å². The first-order valence-electron chi connectivity index (χ1n) is 12.1. The fourth-order valence-electron chi connectivity index (χ4n) is 4.28. The van der Waals surface area contributed by atoms with Crippen LogP contribution in [0, 0.1) is 0 Å². The molecule has 0 unspecified atom stereocenters. The summed E-state index contributed by atoms with van der Waals surface area (Å²) in [5, 5.41) is 0. The van der Waals surface area contributed by atoms with Gasteiger partial charge in [-0.25, -0.2) is 4.79 Å². The van der Waals surface area contributed by atoms with Crippen molar-refractivity contribution in [1.82, 2.24) is 9.13 Å². The maximum atomic E-state index is 12.8. The van der Waals surface area contributed by atoms with Gasteiger partial charge < -0.3 is 13.9 Å². The number of carbonyl (C=O) groups excluding carboxylic acids is 2. The van der Waals surface area contributed by atoms with Crippen LogP contribution >= 0.6 is 0 Å². The van der Waals surface area contributed by atoms with Crippen LogP contribution in [0.15, 0.2) is 85.2 Å². The Morgan fingerprint density at radius 3 is 1.89 bits per heavy atom. The highest BCUT2D eigenvalue weighted by Gasteiger charge is 2.13. The molecule has 0 bridgehead atoms. The quantitative estimate of drug-likeness (QED) is 0.162. The Hall–Kier alpha value is -4.12. The van der Waals surface area contributed by atoms with Crippen LogP contribution in [0.5, 0.6) is 0 Å². The third-order valence-corrected chi connectivity index (χ3v) is 6.48. The molecule has 0 N–H and O–H groups in total. The van der Waals surface area contributed by atoms with Crippen LogP contribution in [0.25, 0.3) is 22.3 Å². The van der Waals surface area contributed by atoms with E-state index in [1.807, 2.05) is 73.5 Å². The molecule has 5 heteroatoms. The topological polar surface area (TPSA) is 53.2 Å². The Balaban J connectivity index is 1.41. The van der Waals surface area contributed by atoms with Gasteiger partial charge in [0.1, 0.15) is 5.69 Å². The van der Waals surface area contributed by atoms with Gasteiger partial charge in [0.2, 0.25) is 5.78 Å². The summed E-state index contributed by atoms with van der Waals surface area (Å²) in [6, 6.07) is 20.4. The number of hydrogen-bond acceptors (Lipinski definition) is 3. The number of hydrogen-bond donors (Lipinski definition) is 0. The molecule has 0 amide bonds. The van der Waals surface area contributed by atoms with E-state index in [9.17, 15) is 9.59 Å². The molecule has 2 aromatic carbocycles. The molecule has 4 aromatic rings. The predicted octanol–water partition coefficient (Wildman–Crippen LogP) is 6.59. The van der Waals surface area contributed by atoms with Gasteiger partial charge in [-0.15, -0.1) is 0 Å². The zero-order valence-corrected chi connectivity index (χ0v) is 21.5. The molecule has 4 rings (SSSR count). The minimum absolute atomic E-state index is 0.0150. The summed E-state index contributed by atoms with van der Waals surface area (Å²) in [5.74, 6) is 0.120. The van der Waals surface area contributed by atoms with Crippen molar-refractivity contribution in [2.24, 2.45) is 14.1 Å². The summed E-state index contributed by atoms with van der Waals surface area (Å²) >= 11 is 0. The highest BCUT2D eigenvalue weighted by atomic mass is 16.5. The third kappa shape index (κ3) is 5.41.